The Balaban J connectivity index is 3.33. The van der Waals surface area contributed by atoms with Gasteiger partial charge >= 0.3 is 5.97 Å². The number of rotatable bonds is 9. The standard InChI is InChI=1S/C16H28N4O5S/c1-10(2)9-19-12(4)15(11(3)18-19)26(24,25)20(13(5)16(22)23)8-7-17-14(6)21/h10,13H,7-9H2,1-6H3,(H,17,21)(H,22,23). The van der Waals surface area contributed by atoms with E-state index < -0.39 is 22.0 Å². The molecule has 2 N–H and O–H groups in total. The maximum atomic E-state index is 13.2. The van der Waals surface area contributed by atoms with E-state index in [0.29, 0.717) is 17.9 Å². The number of hydrogen-bond acceptors (Lipinski definition) is 5. The lowest BCUT2D eigenvalue weighted by Gasteiger charge is -2.26. The van der Waals surface area contributed by atoms with Gasteiger partial charge in [0, 0.05) is 26.6 Å². The Labute approximate surface area is 154 Å². The number of nitrogens with zero attached hydrogens (tertiary/aromatic N) is 3. The number of carbonyl (C=O) groups is 2. The predicted octanol–water partition coefficient (Wildman–Crippen LogP) is 0.756. The van der Waals surface area contributed by atoms with Crippen LogP contribution in [0.25, 0.3) is 0 Å². The summed E-state index contributed by atoms with van der Waals surface area (Å²) >= 11 is 0. The van der Waals surface area contributed by atoms with Gasteiger partial charge in [0.25, 0.3) is 0 Å². The topological polar surface area (TPSA) is 122 Å². The molecule has 148 valence electrons. The predicted molar refractivity (Wildman–Crippen MR) is 96.2 cm³/mol. The van der Waals surface area contributed by atoms with Gasteiger partial charge in [-0.2, -0.15) is 9.40 Å². The number of sulfonamides is 1. The molecule has 0 aliphatic rings. The number of nitrogens with one attached hydrogen (secondary N) is 1. The van der Waals surface area contributed by atoms with E-state index in [9.17, 15) is 23.1 Å². The van der Waals surface area contributed by atoms with Gasteiger partial charge in [-0.25, -0.2) is 8.42 Å². The number of aliphatic carboxylic acids is 1. The molecule has 10 heteroatoms. The quantitative estimate of drug-likeness (QED) is 0.644. The van der Waals surface area contributed by atoms with Gasteiger partial charge in [-0.15, -0.1) is 0 Å². The number of amides is 1. The zero-order chi connectivity index (χ0) is 20.2. The van der Waals surface area contributed by atoms with Crippen molar-refractivity contribution in [3.63, 3.8) is 0 Å². The average Bonchev–Trinajstić information content (AvgIpc) is 2.76. The molecule has 0 spiro atoms. The molecule has 1 unspecified atom stereocenters. The van der Waals surface area contributed by atoms with Crippen molar-refractivity contribution in [2.24, 2.45) is 5.92 Å². The van der Waals surface area contributed by atoms with E-state index in [-0.39, 0.29) is 29.8 Å². The zero-order valence-electron chi connectivity index (χ0n) is 16.1. The third-order valence-corrected chi connectivity index (χ3v) is 6.14. The maximum absolute atomic E-state index is 13.2. The van der Waals surface area contributed by atoms with Crippen molar-refractivity contribution in [2.45, 2.75) is 59.0 Å². The van der Waals surface area contributed by atoms with Gasteiger partial charge in [0.15, 0.2) is 0 Å². The normalized spacial score (nSPS) is 13.2. The minimum Gasteiger partial charge on any atom is -0.480 e. The first-order valence-electron chi connectivity index (χ1n) is 8.42. The third-order valence-electron chi connectivity index (χ3n) is 3.92. The van der Waals surface area contributed by atoms with Crippen molar-refractivity contribution in [2.75, 3.05) is 13.1 Å². The molecule has 0 bridgehead atoms. The summed E-state index contributed by atoms with van der Waals surface area (Å²) in [6, 6.07) is -1.28. The lowest BCUT2D eigenvalue weighted by molar-refractivity contribution is -0.140. The lowest BCUT2D eigenvalue weighted by atomic mass is 10.2. The van der Waals surface area contributed by atoms with Gasteiger partial charge in [-0.1, -0.05) is 13.8 Å². The minimum absolute atomic E-state index is 0.0183. The first-order valence-corrected chi connectivity index (χ1v) is 9.86. The van der Waals surface area contributed by atoms with Crippen LogP contribution in [0.15, 0.2) is 4.90 Å². The largest absolute Gasteiger partial charge is 0.480 e. The van der Waals surface area contributed by atoms with Gasteiger partial charge in [-0.05, 0) is 26.7 Å². The number of carbonyl (C=O) groups excluding carboxylic acids is 1. The summed E-state index contributed by atoms with van der Waals surface area (Å²) in [4.78, 5) is 22.5. The van der Waals surface area contributed by atoms with Crippen molar-refractivity contribution in [1.29, 1.82) is 0 Å². The summed E-state index contributed by atoms with van der Waals surface area (Å²) in [7, 11) is -4.10. The van der Waals surface area contributed by atoms with Gasteiger partial charge < -0.3 is 10.4 Å². The fourth-order valence-electron chi connectivity index (χ4n) is 2.68. The minimum atomic E-state index is -4.10. The molecule has 0 radical (unpaired) electrons. The first-order chi connectivity index (χ1) is 11.9. The third kappa shape index (κ3) is 5.04. The van der Waals surface area contributed by atoms with Crippen LogP contribution >= 0.6 is 0 Å². The second-order valence-electron chi connectivity index (χ2n) is 6.69. The Morgan fingerprint density at radius 2 is 1.85 bits per heavy atom. The summed E-state index contributed by atoms with van der Waals surface area (Å²) in [6.07, 6.45) is 0. The highest BCUT2D eigenvalue weighted by Crippen LogP contribution is 2.25. The molecule has 1 atom stereocenters. The summed E-state index contributed by atoms with van der Waals surface area (Å²) < 4.78 is 28.9. The van der Waals surface area contributed by atoms with E-state index in [1.54, 1.807) is 18.5 Å². The van der Waals surface area contributed by atoms with Gasteiger partial charge in [0.05, 0.1) is 11.4 Å². The van der Waals surface area contributed by atoms with Crippen LogP contribution in [0.3, 0.4) is 0 Å². The summed E-state index contributed by atoms with van der Waals surface area (Å²) in [5, 5.41) is 16.1. The molecule has 9 nitrogen and oxygen atoms in total. The van der Waals surface area contributed by atoms with E-state index in [0.717, 1.165) is 4.31 Å². The number of aromatic nitrogens is 2. The fraction of sp³-hybridized carbons (Fsp3) is 0.688. The van der Waals surface area contributed by atoms with Crippen molar-refractivity contribution in [3.05, 3.63) is 11.4 Å². The Hall–Kier alpha value is -1.94. The molecule has 1 rings (SSSR count). The summed E-state index contributed by atoms with van der Waals surface area (Å²) in [6.45, 7) is 10.3. The average molecular weight is 388 g/mol. The molecule has 1 aromatic rings. The zero-order valence-corrected chi connectivity index (χ0v) is 16.9. The van der Waals surface area contributed by atoms with Crippen LogP contribution in [-0.2, 0) is 26.2 Å². The Morgan fingerprint density at radius 1 is 1.27 bits per heavy atom. The highest BCUT2D eigenvalue weighted by molar-refractivity contribution is 7.89. The molecule has 0 saturated heterocycles. The second kappa shape index (κ2) is 8.63. The summed E-state index contributed by atoms with van der Waals surface area (Å²) in [5.74, 6) is -1.30. The molecule has 0 saturated carbocycles. The van der Waals surface area contributed by atoms with Gasteiger partial charge in [0.2, 0.25) is 15.9 Å². The monoisotopic (exact) mass is 388 g/mol. The van der Waals surface area contributed by atoms with Crippen LogP contribution < -0.4 is 5.32 Å². The molecule has 0 aliphatic heterocycles. The maximum Gasteiger partial charge on any atom is 0.321 e. The van der Waals surface area contributed by atoms with Crippen LogP contribution in [0.1, 0.15) is 39.1 Å². The molecule has 0 aromatic carbocycles. The molecular weight excluding hydrogens is 360 g/mol. The van der Waals surface area contributed by atoms with Crippen molar-refractivity contribution >= 4 is 21.9 Å². The number of carboxylic acid groups (broad SMARTS) is 1. The van der Waals surface area contributed by atoms with Crippen molar-refractivity contribution in [3.8, 4) is 0 Å². The van der Waals surface area contributed by atoms with Crippen molar-refractivity contribution < 1.29 is 23.1 Å². The Bertz CT molecular complexity index is 770. The van der Waals surface area contributed by atoms with Crippen molar-refractivity contribution in [1.82, 2.24) is 19.4 Å². The van der Waals surface area contributed by atoms with Crippen LogP contribution in [-0.4, -0.2) is 58.6 Å². The lowest BCUT2D eigenvalue weighted by Crippen LogP contribution is -2.46. The van der Waals surface area contributed by atoms with E-state index in [4.69, 9.17) is 0 Å². The SMILES string of the molecule is CC(=O)NCCN(C(C)C(=O)O)S(=O)(=O)c1c(C)nn(CC(C)C)c1C. The Morgan fingerprint density at radius 3 is 2.31 bits per heavy atom. The number of hydrogen-bond donors (Lipinski definition) is 2. The van der Waals surface area contributed by atoms with Crippen LogP contribution in [0.4, 0.5) is 0 Å². The second-order valence-corrected chi connectivity index (χ2v) is 8.52. The smallest absolute Gasteiger partial charge is 0.321 e. The molecule has 1 amide bonds. The first kappa shape index (κ1) is 22.1. The molecule has 26 heavy (non-hydrogen) atoms. The highest BCUT2D eigenvalue weighted by Gasteiger charge is 2.36. The molecule has 1 aromatic heterocycles. The summed E-state index contributed by atoms with van der Waals surface area (Å²) in [5.41, 5.74) is 0.795. The molecule has 1 heterocycles. The number of aryl methyl sites for hydroxylation is 1. The molecule has 0 fully saturated rings. The van der Waals surface area contributed by atoms with E-state index in [1.165, 1.54) is 13.8 Å². The highest BCUT2D eigenvalue weighted by atomic mass is 32.2. The van der Waals surface area contributed by atoms with E-state index in [2.05, 4.69) is 10.4 Å². The Kier molecular flexibility index (Phi) is 7.34. The fourth-order valence-corrected chi connectivity index (χ4v) is 4.65. The number of carboxylic acids is 1. The van der Waals surface area contributed by atoms with Crippen LogP contribution in [0, 0.1) is 19.8 Å². The van der Waals surface area contributed by atoms with Gasteiger partial charge in [-0.3, -0.25) is 14.3 Å². The molecule has 0 aliphatic carbocycles. The van der Waals surface area contributed by atoms with E-state index >= 15 is 0 Å². The van der Waals surface area contributed by atoms with Crippen LogP contribution in [0.5, 0.6) is 0 Å². The van der Waals surface area contributed by atoms with Gasteiger partial charge in [0.1, 0.15) is 10.9 Å². The van der Waals surface area contributed by atoms with E-state index in [1.807, 2.05) is 13.8 Å². The van der Waals surface area contributed by atoms with Crippen LogP contribution in [0.2, 0.25) is 0 Å². The molecular formula is C16H28N4O5S.